The quantitative estimate of drug-likeness (QED) is 0.543. The van der Waals surface area contributed by atoms with E-state index in [9.17, 15) is 0 Å². The Morgan fingerprint density at radius 1 is 0.667 bits per heavy atom. The fourth-order valence-corrected chi connectivity index (χ4v) is 2.48. The van der Waals surface area contributed by atoms with Crippen LogP contribution < -0.4 is 0 Å². The summed E-state index contributed by atoms with van der Waals surface area (Å²) in [6.45, 7) is 4.29. The average Bonchev–Trinajstić information content (AvgIpc) is 2.49. The van der Waals surface area contributed by atoms with Gasteiger partial charge in [-0.05, 0) is 36.1 Å². The number of hydrogen-bond donors (Lipinski definition) is 0. The Bertz CT molecular complexity index is 713. The third-order valence-corrected chi connectivity index (χ3v) is 3.64. The van der Waals surface area contributed by atoms with E-state index in [1.54, 1.807) is 0 Å². The Labute approximate surface area is 152 Å². The topological polar surface area (TPSA) is 0 Å². The van der Waals surface area contributed by atoms with Gasteiger partial charge in [-0.1, -0.05) is 48.0 Å². The Morgan fingerprint density at radius 2 is 1.29 bits per heavy atom. The first kappa shape index (κ1) is 16.1. The second kappa shape index (κ2) is 7.16. The first-order chi connectivity index (χ1) is 9.74. The second-order valence-corrected chi connectivity index (χ2v) is 5.18. The van der Waals surface area contributed by atoms with Crippen molar-refractivity contribution in [3.05, 3.63) is 83.9 Å². The second-order valence-electron chi connectivity index (χ2n) is 5.18. The minimum absolute atomic E-state index is 0. The van der Waals surface area contributed by atoms with Gasteiger partial charge in [0.2, 0.25) is 0 Å². The first-order valence-electron chi connectivity index (χ1n) is 6.88. The molecule has 0 N–H and O–H groups in total. The van der Waals surface area contributed by atoms with Crippen LogP contribution in [0.4, 0.5) is 0 Å². The molecule has 0 spiro atoms. The molecule has 0 aliphatic heterocycles. The molecule has 1 heteroatoms. The molecular formula is C20H17Y-. The summed E-state index contributed by atoms with van der Waals surface area (Å²) in [6.07, 6.45) is 0. The summed E-state index contributed by atoms with van der Waals surface area (Å²) >= 11 is 0. The molecule has 1 radical (unpaired) electrons. The van der Waals surface area contributed by atoms with Gasteiger partial charge < -0.3 is 0 Å². The monoisotopic (exact) mass is 346 g/mol. The summed E-state index contributed by atoms with van der Waals surface area (Å²) in [5.74, 6) is 0. The van der Waals surface area contributed by atoms with Gasteiger partial charge in [-0.15, -0.1) is 5.56 Å². The van der Waals surface area contributed by atoms with Gasteiger partial charge in [-0.25, -0.2) is 0 Å². The fourth-order valence-electron chi connectivity index (χ4n) is 2.48. The summed E-state index contributed by atoms with van der Waals surface area (Å²) in [6, 6.07) is 26.5. The molecule has 101 valence electrons. The van der Waals surface area contributed by atoms with E-state index in [0.29, 0.717) is 0 Å². The van der Waals surface area contributed by atoms with Crippen LogP contribution in [0, 0.1) is 19.9 Å². The van der Waals surface area contributed by atoms with Crippen LogP contribution in [0.15, 0.2) is 66.7 Å². The van der Waals surface area contributed by atoms with E-state index < -0.39 is 0 Å². The van der Waals surface area contributed by atoms with Gasteiger partial charge in [-0.2, -0.15) is 30.3 Å². The van der Waals surface area contributed by atoms with E-state index in [1.807, 2.05) is 12.1 Å². The van der Waals surface area contributed by atoms with Gasteiger partial charge in [0.25, 0.3) is 0 Å². The van der Waals surface area contributed by atoms with Gasteiger partial charge in [0.1, 0.15) is 0 Å². The van der Waals surface area contributed by atoms with Gasteiger partial charge in [0.05, 0.1) is 0 Å². The molecule has 0 atom stereocenters. The smallest absolute Gasteiger partial charge is 0 e. The Kier molecular flexibility index (Phi) is 5.50. The fraction of sp³-hybridized carbons (Fsp3) is 0.100. The predicted octanol–water partition coefficient (Wildman–Crippen LogP) is 5.44. The van der Waals surface area contributed by atoms with Gasteiger partial charge in [0.15, 0.2) is 0 Å². The zero-order valence-electron chi connectivity index (χ0n) is 12.4. The first-order valence-corrected chi connectivity index (χ1v) is 6.88. The van der Waals surface area contributed by atoms with Crippen LogP contribution in [0.25, 0.3) is 22.3 Å². The predicted molar refractivity (Wildman–Crippen MR) is 85.6 cm³/mol. The van der Waals surface area contributed by atoms with Crippen molar-refractivity contribution in [2.24, 2.45) is 0 Å². The summed E-state index contributed by atoms with van der Waals surface area (Å²) in [5, 5.41) is 0. The number of rotatable bonds is 2. The molecule has 0 aliphatic carbocycles. The van der Waals surface area contributed by atoms with Crippen molar-refractivity contribution in [1.82, 2.24) is 0 Å². The van der Waals surface area contributed by atoms with Crippen LogP contribution >= 0.6 is 0 Å². The Balaban J connectivity index is 0.00000161. The third kappa shape index (κ3) is 3.70. The van der Waals surface area contributed by atoms with Crippen molar-refractivity contribution >= 4 is 0 Å². The maximum atomic E-state index is 3.06. The van der Waals surface area contributed by atoms with E-state index in [-0.39, 0.29) is 32.7 Å². The molecule has 0 saturated heterocycles. The molecule has 0 unspecified atom stereocenters. The maximum absolute atomic E-state index is 3.06. The molecule has 0 nitrogen and oxygen atoms in total. The molecule has 3 aromatic carbocycles. The van der Waals surface area contributed by atoms with Crippen LogP contribution in [0.1, 0.15) is 11.1 Å². The van der Waals surface area contributed by atoms with Crippen LogP contribution in [-0.4, -0.2) is 0 Å². The van der Waals surface area contributed by atoms with E-state index in [0.717, 1.165) is 0 Å². The van der Waals surface area contributed by atoms with Crippen molar-refractivity contribution in [2.45, 2.75) is 13.8 Å². The molecule has 3 rings (SSSR count). The number of aryl methyl sites for hydroxylation is 2. The van der Waals surface area contributed by atoms with Crippen LogP contribution in [0.5, 0.6) is 0 Å². The van der Waals surface area contributed by atoms with Crippen molar-refractivity contribution < 1.29 is 32.7 Å². The molecule has 0 heterocycles. The molecular weight excluding hydrogens is 329 g/mol. The van der Waals surface area contributed by atoms with Crippen LogP contribution in [0.2, 0.25) is 0 Å². The van der Waals surface area contributed by atoms with Crippen LogP contribution in [-0.2, 0) is 32.7 Å². The third-order valence-electron chi connectivity index (χ3n) is 3.64. The summed E-state index contributed by atoms with van der Waals surface area (Å²) < 4.78 is 0. The van der Waals surface area contributed by atoms with Crippen molar-refractivity contribution in [1.29, 1.82) is 0 Å². The summed E-state index contributed by atoms with van der Waals surface area (Å²) in [7, 11) is 0. The van der Waals surface area contributed by atoms with E-state index in [2.05, 4.69) is 74.5 Å². The van der Waals surface area contributed by atoms with Crippen molar-refractivity contribution in [3.8, 4) is 22.3 Å². The molecule has 0 aromatic heterocycles. The van der Waals surface area contributed by atoms with E-state index >= 15 is 0 Å². The maximum Gasteiger partial charge on any atom is 0 e. The molecule has 0 bridgehead atoms. The zero-order chi connectivity index (χ0) is 13.9. The number of benzene rings is 3. The van der Waals surface area contributed by atoms with Crippen LogP contribution in [0.3, 0.4) is 0 Å². The van der Waals surface area contributed by atoms with Crippen molar-refractivity contribution in [3.63, 3.8) is 0 Å². The molecule has 0 aliphatic rings. The van der Waals surface area contributed by atoms with Gasteiger partial charge >= 0.3 is 0 Å². The minimum atomic E-state index is 0. The molecule has 3 aromatic rings. The molecule has 21 heavy (non-hydrogen) atoms. The molecule has 0 amide bonds. The normalized spacial score (nSPS) is 10.0. The minimum Gasteiger partial charge on any atom is -0.184 e. The average molecular weight is 346 g/mol. The van der Waals surface area contributed by atoms with Gasteiger partial charge in [-0.3, -0.25) is 0 Å². The number of hydrogen-bond acceptors (Lipinski definition) is 0. The summed E-state index contributed by atoms with van der Waals surface area (Å²) in [5.41, 5.74) is 7.68. The SMILES string of the molecule is Cc1ccc(-c2ccc(-c3cc[c-]cc3)cc2C)cc1.[Y]. The van der Waals surface area contributed by atoms with Gasteiger partial charge in [0, 0.05) is 32.7 Å². The Morgan fingerprint density at radius 3 is 1.90 bits per heavy atom. The molecule has 0 fully saturated rings. The van der Waals surface area contributed by atoms with E-state index in [4.69, 9.17) is 0 Å². The standard InChI is InChI=1S/C20H17.Y/c1-15-8-10-18(11-9-15)20-13-12-19(14-16(20)2)17-6-4-3-5-7-17;/h4-14H,1-2H3;/q-1;. The Hall–Kier alpha value is -1.24. The summed E-state index contributed by atoms with van der Waals surface area (Å²) in [4.78, 5) is 0. The zero-order valence-corrected chi connectivity index (χ0v) is 15.3. The van der Waals surface area contributed by atoms with Crippen molar-refractivity contribution in [2.75, 3.05) is 0 Å². The van der Waals surface area contributed by atoms with E-state index in [1.165, 1.54) is 33.4 Å². The largest absolute Gasteiger partial charge is 0.184 e. The molecule has 0 saturated carbocycles.